The van der Waals surface area contributed by atoms with E-state index in [2.05, 4.69) is 63.1 Å². The van der Waals surface area contributed by atoms with E-state index in [1.54, 1.807) is 0 Å². The van der Waals surface area contributed by atoms with Gasteiger partial charge in [0.2, 0.25) is 0 Å². The third-order valence-corrected chi connectivity index (χ3v) is 6.50. The monoisotopic (exact) mass is 344 g/mol. The summed E-state index contributed by atoms with van der Waals surface area (Å²) in [7, 11) is 0. The van der Waals surface area contributed by atoms with Crippen molar-refractivity contribution in [2.45, 2.75) is 32.6 Å². The second-order valence-corrected chi connectivity index (χ2v) is 8.34. The van der Waals surface area contributed by atoms with Gasteiger partial charge in [0.25, 0.3) is 0 Å². The maximum absolute atomic E-state index is 5.55. The molecule has 0 spiro atoms. The zero-order chi connectivity index (χ0) is 17.8. The van der Waals surface area contributed by atoms with E-state index in [1.165, 1.54) is 33.4 Å². The average Bonchev–Trinajstić information content (AvgIpc) is 2.84. The van der Waals surface area contributed by atoms with Crippen LogP contribution in [0.4, 0.5) is 0 Å². The van der Waals surface area contributed by atoms with Crippen LogP contribution in [-0.2, 0) is 0 Å². The van der Waals surface area contributed by atoms with E-state index in [0.29, 0.717) is 5.92 Å². The van der Waals surface area contributed by atoms with Gasteiger partial charge in [0.05, 0.1) is 0 Å². The van der Waals surface area contributed by atoms with Crippen LogP contribution in [-0.4, -0.2) is 4.86 Å². The van der Waals surface area contributed by atoms with E-state index in [0.717, 1.165) is 36.1 Å². The number of allylic oxidation sites excluding steroid dienone is 13. The molecule has 4 aliphatic carbocycles. The summed E-state index contributed by atoms with van der Waals surface area (Å²) in [5.74, 6) is 0.521. The number of fused-ring (bicyclic) bond motifs is 1. The Morgan fingerprint density at radius 1 is 0.880 bits per heavy atom. The summed E-state index contributed by atoms with van der Waals surface area (Å²) in [5.41, 5.74) is 8.68. The molecule has 0 aromatic heterocycles. The molecule has 0 amide bonds. The predicted octanol–water partition coefficient (Wildman–Crippen LogP) is 6.52. The quantitative estimate of drug-likeness (QED) is 0.488. The van der Waals surface area contributed by atoms with Crippen LogP contribution in [0.2, 0.25) is 0 Å². The molecule has 4 aliphatic rings. The zero-order valence-corrected chi connectivity index (χ0v) is 15.7. The molecule has 1 heteroatoms. The normalized spacial score (nSPS) is 29.5. The summed E-state index contributed by atoms with van der Waals surface area (Å²) >= 11 is 5.55. The van der Waals surface area contributed by atoms with E-state index in [-0.39, 0.29) is 5.41 Å². The van der Waals surface area contributed by atoms with Gasteiger partial charge in [-0.25, -0.2) is 0 Å². The fraction of sp³-hybridized carbons (Fsp3) is 0.292. The number of hydrogen-bond donors (Lipinski definition) is 0. The number of hydrogen-bond acceptors (Lipinski definition) is 1. The maximum Gasteiger partial charge on any atom is 0.0274 e. The molecular weight excluding hydrogens is 320 g/mol. The highest BCUT2D eigenvalue weighted by Gasteiger charge is 2.33. The Morgan fingerprint density at radius 2 is 1.44 bits per heavy atom. The predicted molar refractivity (Wildman–Crippen MR) is 112 cm³/mol. The number of rotatable bonds is 1. The van der Waals surface area contributed by atoms with Crippen molar-refractivity contribution in [3.8, 4) is 0 Å². The molecule has 1 unspecified atom stereocenters. The Bertz CT molecular complexity index is 813. The van der Waals surface area contributed by atoms with Crippen molar-refractivity contribution in [2.75, 3.05) is 0 Å². The zero-order valence-electron chi connectivity index (χ0n) is 14.9. The summed E-state index contributed by atoms with van der Waals surface area (Å²) in [6.07, 6.45) is 17.8. The summed E-state index contributed by atoms with van der Waals surface area (Å²) in [6.45, 7) is 15.0. The minimum absolute atomic E-state index is 0.00958. The van der Waals surface area contributed by atoms with Gasteiger partial charge in [0, 0.05) is 16.7 Å². The van der Waals surface area contributed by atoms with E-state index in [4.69, 9.17) is 12.2 Å². The van der Waals surface area contributed by atoms with Crippen molar-refractivity contribution in [1.82, 2.24) is 0 Å². The van der Waals surface area contributed by atoms with E-state index in [1.807, 2.05) is 0 Å². The molecule has 0 aliphatic heterocycles. The standard InChI is InChI=1S/C24H24S/c1-15-13-16(2)20-8-6-18(5-7-19(15)20)24(4)11-9-21-17(3)14-23(25)22(21)10-12-24/h7-12,18H,1-3,5-6,13-14H2,4H3. The Labute approximate surface area is 156 Å². The Kier molecular flexibility index (Phi) is 3.81. The highest BCUT2D eigenvalue weighted by Crippen LogP contribution is 2.46. The molecule has 0 heterocycles. The smallest absolute Gasteiger partial charge is 0.0274 e. The minimum atomic E-state index is 0.00958. The molecule has 0 N–H and O–H groups in total. The summed E-state index contributed by atoms with van der Waals surface area (Å²) in [6, 6.07) is 0. The van der Waals surface area contributed by atoms with Gasteiger partial charge in [-0.1, -0.05) is 75.3 Å². The van der Waals surface area contributed by atoms with Crippen LogP contribution < -0.4 is 0 Å². The lowest BCUT2D eigenvalue weighted by atomic mass is 9.73. The Hall–Kier alpha value is -1.99. The minimum Gasteiger partial charge on any atom is -0.0949 e. The average molecular weight is 345 g/mol. The second kappa shape index (κ2) is 5.78. The van der Waals surface area contributed by atoms with Crippen molar-refractivity contribution in [3.63, 3.8) is 0 Å². The van der Waals surface area contributed by atoms with Gasteiger partial charge in [-0.05, 0) is 64.2 Å². The van der Waals surface area contributed by atoms with Crippen molar-refractivity contribution >= 4 is 17.1 Å². The van der Waals surface area contributed by atoms with Crippen LogP contribution in [0, 0.1) is 11.3 Å². The van der Waals surface area contributed by atoms with Gasteiger partial charge in [-0.15, -0.1) is 0 Å². The van der Waals surface area contributed by atoms with Crippen molar-refractivity contribution in [3.05, 3.63) is 95.2 Å². The van der Waals surface area contributed by atoms with Crippen molar-refractivity contribution in [1.29, 1.82) is 0 Å². The van der Waals surface area contributed by atoms with E-state index in [9.17, 15) is 0 Å². The van der Waals surface area contributed by atoms with Crippen LogP contribution in [0.5, 0.6) is 0 Å². The third-order valence-electron chi connectivity index (χ3n) is 6.14. The van der Waals surface area contributed by atoms with Crippen molar-refractivity contribution in [2.24, 2.45) is 11.3 Å². The topological polar surface area (TPSA) is 0 Å². The van der Waals surface area contributed by atoms with Gasteiger partial charge >= 0.3 is 0 Å². The molecule has 0 aromatic rings. The van der Waals surface area contributed by atoms with Crippen molar-refractivity contribution < 1.29 is 0 Å². The van der Waals surface area contributed by atoms with Crippen LogP contribution in [0.25, 0.3) is 0 Å². The molecule has 0 radical (unpaired) electrons. The van der Waals surface area contributed by atoms with E-state index < -0.39 is 0 Å². The van der Waals surface area contributed by atoms with E-state index >= 15 is 0 Å². The second-order valence-electron chi connectivity index (χ2n) is 7.85. The Balaban J connectivity index is 1.66. The Morgan fingerprint density at radius 3 is 2.04 bits per heavy atom. The van der Waals surface area contributed by atoms with Gasteiger partial charge in [0.1, 0.15) is 0 Å². The molecular formula is C24H24S. The molecule has 126 valence electrons. The lowest BCUT2D eigenvalue weighted by Crippen LogP contribution is -2.22. The highest BCUT2D eigenvalue weighted by atomic mass is 32.1. The fourth-order valence-electron chi connectivity index (χ4n) is 4.43. The number of thiocarbonyl (C=S) groups is 1. The SMILES string of the molecule is C=C1CC(=C)C2=CCC(C3(C)C=CC4=C(C=C3)C(=S)CC4=C)CC=C12. The molecule has 25 heavy (non-hydrogen) atoms. The molecule has 4 rings (SSSR count). The fourth-order valence-corrected chi connectivity index (χ4v) is 4.78. The largest absolute Gasteiger partial charge is 0.0949 e. The van der Waals surface area contributed by atoms with Gasteiger partial charge < -0.3 is 0 Å². The van der Waals surface area contributed by atoms with Gasteiger partial charge in [0.15, 0.2) is 0 Å². The molecule has 0 saturated heterocycles. The first-order valence-corrected chi connectivity index (χ1v) is 9.41. The van der Waals surface area contributed by atoms with Gasteiger partial charge in [-0.3, -0.25) is 0 Å². The highest BCUT2D eigenvalue weighted by molar-refractivity contribution is 7.81. The first-order chi connectivity index (χ1) is 11.9. The third kappa shape index (κ3) is 2.62. The maximum atomic E-state index is 5.55. The summed E-state index contributed by atoms with van der Waals surface area (Å²) in [5, 5.41) is 0. The summed E-state index contributed by atoms with van der Waals surface area (Å²) < 4.78 is 0. The molecule has 1 fully saturated rings. The van der Waals surface area contributed by atoms with Gasteiger partial charge in [-0.2, -0.15) is 0 Å². The lowest BCUT2D eigenvalue weighted by molar-refractivity contribution is 0.330. The van der Waals surface area contributed by atoms with Crippen LogP contribution in [0.3, 0.4) is 0 Å². The first-order valence-electron chi connectivity index (χ1n) is 9.00. The molecule has 0 nitrogen and oxygen atoms in total. The molecule has 1 saturated carbocycles. The molecule has 1 atom stereocenters. The summed E-state index contributed by atoms with van der Waals surface area (Å²) in [4.78, 5) is 1.03. The van der Waals surface area contributed by atoms with Crippen LogP contribution in [0.15, 0.2) is 95.2 Å². The lowest BCUT2D eigenvalue weighted by Gasteiger charge is -2.31. The van der Waals surface area contributed by atoms with Crippen LogP contribution in [0.1, 0.15) is 32.6 Å². The first kappa shape index (κ1) is 16.5. The van der Waals surface area contributed by atoms with Crippen LogP contribution >= 0.6 is 12.2 Å². The molecule has 0 aromatic carbocycles. The molecule has 0 bridgehead atoms.